The van der Waals surface area contributed by atoms with E-state index in [9.17, 15) is 15.0 Å². The normalized spacial score (nSPS) is 32.9. The summed E-state index contributed by atoms with van der Waals surface area (Å²) in [5.74, 6) is 0. The Balaban J connectivity index is 2.35. The number of H-pyrrole nitrogens is 1. The molecule has 1 unspecified atom stereocenters. The van der Waals surface area contributed by atoms with Crippen molar-refractivity contribution in [1.82, 2.24) is 9.55 Å². The summed E-state index contributed by atoms with van der Waals surface area (Å²) in [7, 11) is 0. The van der Waals surface area contributed by atoms with E-state index in [1.165, 1.54) is 16.8 Å². The van der Waals surface area contributed by atoms with Gasteiger partial charge in [-0.05, 0) is 12.2 Å². The van der Waals surface area contributed by atoms with Crippen LogP contribution in [0.3, 0.4) is 0 Å². The van der Waals surface area contributed by atoms with Gasteiger partial charge >= 0.3 is 0 Å². The maximum absolute atomic E-state index is 11.0. The fourth-order valence-electron chi connectivity index (χ4n) is 1.74. The number of aromatic nitrogens is 2. The number of ether oxygens (including phenoxy) is 1. The van der Waals surface area contributed by atoms with Crippen LogP contribution >= 0.6 is 12.2 Å². The van der Waals surface area contributed by atoms with Crippen LogP contribution in [0.25, 0.3) is 0 Å². The highest BCUT2D eigenvalue weighted by Crippen LogP contribution is 2.28. The predicted molar refractivity (Wildman–Crippen MR) is 58.9 cm³/mol. The number of aliphatic hydroxyl groups is 3. The van der Waals surface area contributed by atoms with Gasteiger partial charge in [0.05, 0.1) is 6.61 Å². The SMILES string of the molecule is O=c1ccn(C2O[C@H](CO)[C@@H](O)[C@H]2O)c(=S)[nH]1. The van der Waals surface area contributed by atoms with E-state index in [0.29, 0.717) is 0 Å². The molecule has 4 atom stereocenters. The fraction of sp³-hybridized carbons (Fsp3) is 0.556. The average Bonchev–Trinajstić information content (AvgIpc) is 2.57. The number of hydrogen-bond donors (Lipinski definition) is 4. The van der Waals surface area contributed by atoms with Gasteiger partial charge in [-0.15, -0.1) is 0 Å². The molecule has 1 aromatic rings. The van der Waals surface area contributed by atoms with Gasteiger partial charge in [0.25, 0.3) is 5.56 Å². The average molecular weight is 260 g/mol. The lowest BCUT2D eigenvalue weighted by Gasteiger charge is -2.17. The number of nitrogens with zero attached hydrogens (tertiary/aromatic N) is 1. The molecule has 0 aromatic carbocycles. The van der Waals surface area contributed by atoms with Crippen molar-refractivity contribution in [2.45, 2.75) is 24.5 Å². The van der Waals surface area contributed by atoms with E-state index in [1.807, 2.05) is 0 Å². The lowest BCUT2D eigenvalue weighted by atomic mass is 10.1. The van der Waals surface area contributed by atoms with Crippen LogP contribution in [0.1, 0.15) is 6.23 Å². The highest BCUT2D eigenvalue weighted by atomic mass is 32.1. The monoisotopic (exact) mass is 260 g/mol. The second-order valence-corrected chi connectivity index (χ2v) is 4.13. The summed E-state index contributed by atoms with van der Waals surface area (Å²) in [5, 5.41) is 28.3. The van der Waals surface area contributed by atoms with Crippen LogP contribution in [0.5, 0.6) is 0 Å². The van der Waals surface area contributed by atoms with Crippen LogP contribution in [0.4, 0.5) is 0 Å². The van der Waals surface area contributed by atoms with Crippen LogP contribution in [-0.2, 0) is 4.74 Å². The third-order valence-electron chi connectivity index (χ3n) is 2.64. The highest BCUT2D eigenvalue weighted by molar-refractivity contribution is 7.71. The second kappa shape index (κ2) is 4.67. The molecule has 1 aliphatic heterocycles. The van der Waals surface area contributed by atoms with Gasteiger partial charge in [0.15, 0.2) is 11.0 Å². The molecule has 2 rings (SSSR count). The summed E-state index contributed by atoms with van der Waals surface area (Å²) in [5.41, 5.74) is -0.363. The van der Waals surface area contributed by atoms with E-state index in [0.717, 1.165) is 0 Å². The first-order valence-corrected chi connectivity index (χ1v) is 5.39. The number of rotatable bonds is 2. The molecule has 0 aliphatic carbocycles. The van der Waals surface area contributed by atoms with Crippen molar-refractivity contribution in [3.8, 4) is 0 Å². The third kappa shape index (κ3) is 2.17. The largest absolute Gasteiger partial charge is 0.394 e. The molecule has 0 spiro atoms. The Kier molecular flexibility index (Phi) is 3.40. The van der Waals surface area contributed by atoms with Crippen molar-refractivity contribution in [1.29, 1.82) is 0 Å². The maximum Gasteiger partial charge on any atom is 0.251 e. The smallest absolute Gasteiger partial charge is 0.251 e. The Morgan fingerprint density at radius 2 is 2.18 bits per heavy atom. The minimum atomic E-state index is -1.22. The van der Waals surface area contributed by atoms with Gasteiger partial charge < -0.3 is 20.1 Å². The molecule has 2 heterocycles. The van der Waals surface area contributed by atoms with Crippen molar-refractivity contribution in [2.24, 2.45) is 0 Å². The van der Waals surface area contributed by atoms with Crippen LogP contribution < -0.4 is 5.56 Å². The van der Waals surface area contributed by atoms with Crippen LogP contribution in [0.2, 0.25) is 0 Å². The molecule has 17 heavy (non-hydrogen) atoms. The lowest BCUT2D eigenvalue weighted by Crippen LogP contribution is -2.33. The molecule has 1 aliphatic rings. The summed E-state index contributed by atoms with van der Waals surface area (Å²) in [6.45, 7) is -0.411. The van der Waals surface area contributed by atoms with Crippen molar-refractivity contribution in [3.63, 3.8) is 0 Å². The van der Waals surface area contributed by atoms with Crippen LogP contribution in [0, 0.1) is 4.77 Å². The Hall–Kier alpha value is -1.06. The standard InChI is InChI=1S/C9H12N2O5S/c12-3-4-6(14)7(15)8(16-4)11-2-1-5(13)10-9(11)17/h1-2,4,6-8,12,14-15H,3H2,(H,10,13,17)/t4-,6-,7-,8?/m1/s1. The quantitative estimate of drug-likeness (QED) is 0.483. The van der Waals surface area contributed by atoms with Crippen molar-refractivity contribution < 1.29 is 20.1 Å². The molecule has 94 valence electrons. The molecule has 0 saturated carbocycles. The molecule has 0 amide bonds. The Morgan fingerprint density at radius 3 is 2.71 bits per heavy atom. The predicted octanol–water partition coefficient (Wildman–Crippen LogP) is -1.48. The highest BCUT2D eigenvalue weighted by Gasteiger charge is 2.43. The van der Waals surface area contributed by atoms with E-state index in [2.05, 4.69) is 4.98 Å². The topological polar surface area (TPSA) is 108 Å². The molecule has 4 N–H and O–H groups in total. The molecule has 1 fully saturated rings. The molecule has 0 bridgehead atoms. The zero-order valence-corrected chi connectivity index (χ0v) is 9.50. The summed E-state index contributed by atoms with van der Waals surface area (Å²) in [6, 6.07) is 1.23. The summed E-state index contributed by atoms with van der Waals surface area (Å²) in [6.07, 6.45) is -2.85. The van der Waals surface area contributed by atoms with E-state index < -0.39 is 31.1 Å². The Morgan fingerprint density at radius 1 is 1.47 bits per heavy atom. The minimum absolute atomic E-state index is 0.0762. The molecular formula is C9H12N2O5S. The van der Waals surface area contributed by atoms with Gasteiger partial charge in [-0.2, -0.15) is 0 Å². The first-order valence-electron chi connectivity index (χ1n) is 4.98. The zero-order valence-electron chi connectivity index (χ0n) is 8.68. The maximum atomic E-state index is 11.0. The first kappa shape index (κ1) is 12.4. The van der Waals surface area contributed by atoms with E-state index in [1.54, 1.807) is 0 Å². The number of nitrogens with one attached hydrogen (secondary N) is 1. The molecule has 0 radical (unpaired) electrons. The van der Waals surface area contributed by atoms with Crippen LogP contribution in [0.15, 0.2) is 17.1 Å². The van der Waals surface area contributed by atoms with Gasteiger partial charge in [0.1, 0.15) is 18.3 Å². The molecule has 7 nitrogen and oxygen atoms in total. The Bertz CT molecular complexity index is 513. The molecule has 1 saturated heterocycles. The summed E-state index contributed by atoms with van der Waals surface area (Å²) >= 11 is 4.91. The van der Waals surface area contributed by atoms with Gasteiger partial charge in [0, 0.05) is 12.3 Å². The fourth-order valence-corrected chi connectivity index (χ4v) is 2.00. The first-order chi connectivity index (χ1) is 8.04. The van der Waals surface area contributed by atoms with Gasteiger partial charge in [-0.3, -0.25) is 14.3 Å². The zero-order chi connectivity index (χ0) is 12.6. The number of aromatic amines is 1. The molecular weight excluding hydrogens is 248 g/mol. The van der Waals surface area contributed by atoms with E-state index in [4.69, 9.17) is 22.1 Å². The summed E-state index contributed by atoms with van der Waals surface area (Å²) < 4.78 is 6.66. The third-order valence-corrected chi connectivity index (χ3v) is 2.96. The Labute approximate surface area is 101 Å². The van der Waals surface area contributed by atoms with Crippen molar-refractivity contribution in [3.05, 3.63) is 27.4 Å². The van der Waals surface area contributed by atoms with Gasteiger partial charge in [-0.1, -0.05) is 0 Å². The number of aliphatic hydroxyl groups excluding tert-OH is 3. The van der Waals surface area contributed by atoms with E-state index in [-0.39, 0.29) is 10.3 Å². The molecule has 1 aromatic heterocycles. The molecule has 8 heteroatoms. The minimum Gasteiger partial charge on any atom is -0.394 e. The lowest BCUT2D eigenvalue weighted by molar-refractivity contribution is -0.0541. The summed E-state index contributed by atoms with van der Waals surface area (Å²) in [4.78, 5) is 13.4. The van der Waals surface area contributed by atoms with Crippen molar-refractivity contribution in [2.75, 3.05) is 6.61 Å². The van der Waals surface area contributed by atoms with E-state index >= 15 is 0 Å². The number of hydrogen-bond acceptors (Lipinski definition) is 6. The van der Waals surface area contributed by atoms with Gasteiger partial charge in [0.2, 0.25) is 0 Å². The van der Waals surface area contributed by atoms with Crippen LogP contribution in [-0.4, -0.2) is 49.8 Å². The second-order valence-electron chi connectivity index (χ2n) is 3.75. The van der Waals surface area contributed by atoms with Crippen molar-refractivity contribution >= 4 is 12.2 Å². The van der Waals surface area contributed by atoms with Gasteiger partial charge in [-0.25, -0.2) is 0 Å².